The minimum Gasteiger partial charge on any atom is -0.296 e. The predicted molar refractivity (Wildman–Crippen MR) is 97.6 cm³/mol. The molecule has 5 nitrogen and oxygen atoms in total. The zero-order valence-electron chi connectivity index (χ0n) is 11.6. The van der Waals surface area contributed by atoms with Crippen molar-refractivity contribution >= 4 is 68.8 Å². The summed E-state index contributed by atoms with van der Waals surface area (Å²) in [4.78, 5) is 24.7. The Labute approximate surface area is 160 Å². The Morgan fingerprint density at radius 3 is 2.50 bits per heavy atom. The summed E-state index contributed by atoms with van der Waals surface area (Å²) in [6, 6.07) is 5.47. The van der Waals surface area contributed by atoms with Gasteiger partial charge in [0, 0.05) is 11.6 Å². The molecule has 0 bridgehead atoms. The molecule has 0 aliphatic carbocycles. The average molecular weight is 420 g/mol. The highest BCUT2D eigenvalue weighted by Gasteiger charge is 2.21. The molecule has 3 heterocycles. The van der Waals surface area contributed by atoms with E-state index in [-0.39, 0.29) is 25.9 Å². The second-order valence-electron chi connectivity index (χ2n) is 4.40. The summed E-state index contributed by atoms with van der Waals surface area (Å²) < 4.78 is 0. The number of carbonyl (C=O) groups is 1. The molecule has 3 aromatic heterocycles. The third-order valence-corrected chi connectivity index (χ3v) is 5.29. The van der Waals surface area contributed by atoms with Crippen LogP contribution in [0.4, 0.5) is 5.13 Å². The van der Waals surface area contributed by atoms with Crippen LogP contribution in [0, 0.1) is 0 Å². The van der Waals surface area contributed by atoms with Crippen molar-refractivity contribution in [3.05, 3.63) is 55.7 Å². The zero-order valence-corrected chi connectivity index (χ0v) is 15.4. The highest BCUT2D eigenvalue weighted by molar-refractivity contribution is 7.14. The number of halogens is 4. The Morgan fingerprint density at radius 2 is 1.79 bits per heavy atom. The van der Waals surface area contributed by atoms with Gasteiger partial charge in [0.2, 0.25) is 0 Å². The SMILES string of the molecule is O=C(Nc1nc(-c2ccccn2)cs1)c1nc(Cl)c(Cl)c(Cl)c1Cl. The van der Waals surface area contributed by atoms with E-state index in [1.54, 1.807) is 17.6 Å². The summed E-state index contributed by atoms with van der Waals surface area (Å²) in [5.74, 6) is -0.595. The maximum Gasteiger partial charge on any atom is 0.277 e. The largest absolute Gasteiger partial charge is 0.296 e. The molecule has 3 aromatic rings. The molecule has 0 aliphatic heterocycles. The fourth-order valence-electron chi connectivity index (χ4n) is 1.76. The molecule has 0 aromatic carbocycles. The fraction of sp³-hybridized carbons (Fsp3) is 0. The zero-order chi connectivity index (χ0) is 17.3. The van der Waals surface area contributed by atoms with Crippen molar-refractivity contribution in [2.75, 3.05) is 5.32 Å². The molecule has 0 aliphatic rings. The lowest BCUT2D eigenvalue weighted by Crippen LogP contribution is -2.14. The fourth-order valence-corrected chi connectivity index (χ4v) is 3.27. The standard InChI is InChI=1S/C14H6Cl4N4OS/c15-8-9(16)11(21-12(18)10(8)17)13(23)22-14-20-7(5-24-14)6-3-1-2-4-19-6/h1-5H,(H,20,22,23). The van der Waals surface area contributed by atoms with Gasteiger partial charge in [0.15, 0.2) is 10.8 Å². The van der Waals surface area contributed by atoms with Crippen LogP contribution in [-0.2, 0) is 0 Å². The van der Waals surface area contributed by atoms with Gasteiger partial charge >= 0.3 is 0 Å². The van der Waals surface area contributed by atoms with Gasteiger partial charge in [-0.05, 0) is 12.1 Å². The van der Waals surface area contributed by atoms with Crippen LogP contribution in [0.15, 0.2) is 29.8 Å². The topological polar surface area (TPSA) is 67.8 Å². The lowest BCUT2D eigenvalue weighted by atomic mass is 10.3. The van der Waals surface area contributed by atoms with Crippen molar-refractivity contribution in [1.82, 2.24) is 15.0 Å². The Hall–Kier alpha value is -1.44. The summed E-state index contributed by atoms with van der Waals surface area (Å²) in [6.07, 6.45) is 1.66. The van der Waals surface area contributed by atoms with E-state index in [4.69, 9.17) is 46.4 Å². The average Bonchev–Trinajstić information content (AvgIpc) is 3.05. The van der Waals surface area contributed by atoms with E-state index >= 15 is 0 Å². The molecule has 0 saturated carbocycles. The number of nitrogens with zero attached hydrogens (tertiary/aromatic N) is 3. The maximum atomic E-state index is 12.3. The first-order valence-corrected chi connectivity index (χ1v) is 8.74. The number of aromatic nitrogens is 3. The van der Waals surface area contributed by atoms with Gasteiger partial charge in [-0.2, -0.15) is 0 Å². The number of rotatable bonds is 3. The highest BCUT2D eigenvalue weighted by Crippen LogP contribution is 2.36. The number of nitrogens with one attached hydrogen (secondary N) is 1. The smallest absolute Gasteiger partial charge is 0.277 e. The molecule has 0 saturated heterocycles. The van der Waals surface area contributed by atoms with Gasteiger partial charge in [-0.1, -0.05) is 52.5 Å². The molecule has 0 atom stereocenters. The molecule has 0 unspecified atom stereocenters. The van der Waals surface area contributed by atoms with Crippen LogP contribution < -0.4 is 5.32 Å². The predicted octanol–water partition coefficient (Wildman–Crippen LogP) is 5.47. The number of carbonyl (C=O) groups excluding carboxylic acids is 1. The van der Waals surface area contributed by atoms with Gasteiger partial charge in [-0.25, -0.2) is 9.97 Å². The van der Waals surface area contributed by atoms with Gasteiger partial charge in [0.25, 0.3) is 5.91 Å². The van der Waals surface area contributed by atoms with E-state index in [1.807, 2.05) is 12.1 Å². The van der Waals surface area contributed by atoms with E-state index in [2.05, 4.69) is 20.3 Å². The minimum atomic E-state index is -0.595. The van der Waals surface area contributed by atoms with Crippen molar-refractivity contribution in [1.29, 1.82) is 0 Å². The lowest BCUT2D eigenvalue weighted by Gasteiger charge is -2.07. The number of thiazole rings is 1. The molecule has 3 rings (SSSR count). The summed E-state index contributed by atoms with van der Waals surface area (Å²) in [7, 11) is 0. The van der Waals surface area contributed by atoms with E-state index in [0.29, 0.717) is 16.5 Å². The lowest BCUT2D eigenvalue weighted by molar-refractivity contribution is 0.102. The Balaban J connectivity index is 1.85. The van der Waals surface area contributed by atoms with E-state index in [1.165, 1.54) is 11.3 Å². The summed E-state index contributed by atoms with van der Waals surface area (Å²) in [6.45, 7) is 0. The molecule has 10 heteroatoms. The third kappa shape index (κ3) is 3.48. The van der Waals surface area contributed by atoms with E-state index < -0.39 is 5.91 Å². The van der Waals surface area contributed by atoms with Crippen molar-refractivity contribution in [3.63, 3.8) is 0 Å². The molecule has 0 radical (unpaired) electrons. The van der Waals surface area contributed by atoms with Crippen LogP contribution in [0.5, 0.6) is 0 Å². The van der Waals surface area contributed by atoms with Crippen LogP contribution in [0.25, 0.3) is 11.4 Å². The van der Waals surface area contributed by atoms with Gasteiger partial charge < -0.3 is 0 Å². The normalized spacial score (nSPS) is 10.7. The second kappa shape index (κ2) is 7.21. The van der Waals surface area contributed by atoms with Crippen molar-refractivity contribution in [2.45, 2.75) is 0 Å². The first-order valence-electron chi connectivity index (χ1n) is 6.35. The number of amides is 1. The quantitative estimate of drug-likeness (QED) is 0.571. The molecule has 0 spiro atoms. The van der Waals surface area contributed by atoms with Crippen molar-refractivity contribution in [2.24, 2.45) is 0 Å². The molecular formula is C14H6Cl4N4OS. The first-order chi connectivity index (χ1) is 11.5. The van der Waals surface area contributed by atoms with Crippen molar-refractivity contribution in [3.8, 4) is 11.4 Å². The number of hydrogen-bond acceptors (Lipinski definition) is 5. The third-order valence-electron chi connectivity index (χ3n) is 2.85. The Morgan fingerprint density at radius 1 is 1.00 bits per heavy atom. The van der Waals surface area contributed by atoms with Crippen LogP contribution in [-0.4, -0.2) is 20.9 Å². The van der Waals surface area contributed by atoms with Gasteiger partial charge in [0.05, 0.1) is 20.8 Å². The summed E-state index contributed by atoms with van der Waals surface area (Å²) in [5, 5.41) is 4.51. The second-order valence-corrected chi connectivity index (χ2v) is 6.75. The van der Waals surface area contributed by atoms with Crippen LogP contribution in [0.3, 0.4) is 0 Å². The van der Waals surface area contributed by atoms with E-state index in [9.17, 15) is 4.79 Å². The van der Waals surface area contributed by atoms with Crippen molar-refractivity contribution < 1.29 is 4.79 Å². The molecule has 1 amide bonds. The van der Waals surface area contributed by atoms with Gasteiger partial charge in [-0.15, -0.1) is 11.3 Å². The first kappa shape index (κ1) is 17.4. The van der Waals surface area contributed by atoms with Crippen LogP contribution >= 0.6 is 57.7 Å². The van der Waals surface area contributed by atoms with Crippen LogP contribution in [0.2, 0.25) is 20.2 Å². The Bertz CT molecular complexity index is 917. The summed E-state index contributed by atoms with van der Waals surface area (Å²) in [5.41, 5.74) is 1.20. The molecular weight excluding hydrogens is 414 g/mol. The highest BCUT2D eigenvalue weighted by atomic mass is 35.5. The molecule has 1 N–H and O–H groups in total. The number of hydrogen-bond donors (Lipinski definition) is 1. The monoisotopic (exact) mass is 418 g/mol. The molecule has 122 valence electrons. The van der Waals surface area contributed by atoms with E-state index in [0.717, 1.165) is 0 Å². The minimum absolute atomic E-state index is 0.00781. The van der Waals surface area contributed by atoms with Crippen LogP contribution in [0.1, 0.15) is 10.5 Å². The Kier molecular flexibility index (Phi) is 5.22. The number of anilines is 1. The maximum absolute atomic E-state index is 12.3. The molecule has 24 heavy (non-hydrogen) atoms. The summed E-state index contributed by atoms with van der Waals surface area (Å²) >= 11 is 24.8. The van der Waals surface area contributed by atoms with Gasteiger partial charge in [0.1, 0.15) is 10.8 Å². The van der Waals surface area contributed by atoms with Gasteiger partial charge in [-0.3, -0.25) is 15.1 Å². The number of pyridine rings is 2. The molecule has 0 fully saturated rings.